The maximum atomic E-state index is 12.6. The average molecular weight is 438 g/mol. The molecule has 1 heterocycles. The largest absolute Gasteiger partial charge is 0.491 e. The molecule has 0 spiro atoms. The van der Waals surface area contributed by atoms with E-state index in [9.17, 15) is 13.2 Å². The summed E-state index contributed by atoms with van der Waals surface area (Å²) in [7, 11) is -3.30. The first-order valence-electron chi connectivity index (χ1n) is 10.9. The number of hydrogen-bond donors (Lipinski definition) is 2. The molecule has 2 aliphatic rings. The molecule has 0 radical (unpaired) electrons. The number of likely N-dealkylation sites (N-methyl/N-ethyl adjacent to an activating group) is 1. The highest BCUT2D eigenvalue weighted by Crippen LogP contribution is 2.29. The second-order valence-electron chi connectivity index (χ2n) is 9.28. The second-order valence-corrected chi connectivity index (χ2v) is 11.7. The van der Waals surface area contributed by atoms with E-state index in [-0.39, 0.29) is 11.9 Å². The van der Waals surface area contributed by atoms with Crippen LogP contribution in [-0.4, -0.2) is 56.3 Å². The van der Waals surface area contributed by atoms with Crippen molar-refractivity contribution in [2.24, 2.45) is 5.92 Å². The fourth-order valence-corrected chi connectivity index (χ4v) is 4.94. The minimum absolute atomic E-state index is 0.0209. The topological polar surface area (TPSA) is 87.7 Å². The zero-order valence-electron chi connectivity index (χ0n) is 18.5. The van der Waals surface area contributed by atoms with Crippen LogP contribution >= 0.6 is 0 Å². The van der Waals surface area contributed by atoms with Gasteiger partial charge in [0.1, 0.15) is 12.4 Å². The van der Waals surface area contributed by atoms with Crippen molar-refractivity contribution in [3.63, 3.8) is 0 Å². The summed E-state index contributed by atoms with van der Waals surface area (Å²) in [4.78, 5) is 14.3. The molecule has 0 bridgehead atoms. The highest BCUT2D eigenvalue weighted by atomic mass is 32.2. The van der Waals surface area contributed by atoms with Crippen LogP contribution in [0.3, 0.4) is 0 Å². The molecule has 1 aliphatic heterocycles. The SMILES string of the molecule is CCN1CCOc2cc(NC[C@H]3CC[C@H](NS(=O)(=O)C(C)(C)C)CC3)ccc2C1=O. The molecule has 0 saturated heterocycles. The molecule has 1 fully saturated rings. The van der Waals surface area contributed by atoms with Crippen molar-refractivity contribution < 1.29 is 17.9 Å². The van der Waals surface area contributed by atoms with Crippen LogP contribution in [0.5, 0.6) is 5.75 Å². The van der Waals surface area contributed by atoms with Crippen molar-refractivity contribution in [1.82, 2.24) is 9.62 Å². The van der Waals surface area contributed by atoms with E-state index < -0.39 is 14.8 Å². The Hall–Kier alpha value is -1.80. The Morgan fingerprint density at radius 1 is 1.17 bits per heavy atom. The highest BCUT2D eigenvalue weighted by molar-refractivity contribution is 7.90. The molecule has 0 aromatic heterocycles. The number of carbonyl (C=O) groups excluding carboxylic acids is 1. The maximum absolute atomic E-state index is 12.6. The Morgan fingerprint density at radius 3 is 2.50 bits per heavy atom. The molecule has 7 nitrogen and oxygen atoms in total. The zero-order valence-corrected chi connectivity index (χ0v) is 19.3. The summed E-state index contributed by atoms with van der Waals surface area (Å²) in [5.41, 5.74) is 1.56. The van der Waals surface area contributed by atoms with Crippen LogP contribution in [0.25, 0.3) is 0 Å². The summed E-state index contributed by atoms with van der Waals surface area (Å²) >= 11 is 0. The maximum Gasteiger partial charge on any atom is 0.257 e. The van der Waals surface area contributed by atoms with E-state index in [0.717, 1.165) is 37.9 Å². The molecule has 3 rings (SSSR count). The van der Waals surface area contributed by atoms with Gasteiger partial charge in [0.05, 0.1) is 16.9 Å². The first-order chi connectivity index (χ1) is 14.1. The Balaban J connectivity index is 1.52. The summed E-state index contributed by atoms with van der Waals surface area (Å²) < 4.78 is 32.6. The molecule has 1 saturated carbocycles. The van der Waals surface area contributed by atoms with Gasteiger partial charge in [-0.2, -0.15) is 0 Å². The summed E-state index contributed by atoms with van der Waals surface area (Å²) in [6, 6.07) is 5.71. The Morgan fingerprint density at radius 2 is 1.87 bits per heavy atom. The number of fused-ring (bicyclic) bond motifs is 1. The van der Waals surface area contributed by atoms with Crippen LogP contribution in [0.2, 0.25) is 0 Å². The fourth-order valence-electron chi connectivity index (χ4n) is 3.91. The molecule has 1 aromatic carbocycles. The van der Waals surface area contributed by atoms with Gasteiger partial charge in [-0.3, -0.25) is 4.79 Å². The number of nitrogens with zero attached hydrogens (tertiary/aromatic N) is 1. The first kappa shape index (κ1) is 22.9. The lowest BCUT2D eigenvalue weighted by atomic mass is 9.86. The standard InChI is InChI=1S/C22H35N3O4S/c1-5-25-12-13-29-20-14-18(10-11-19(20)21(25)26)23-15-16-6-8-17(9-7-16)24-30(27,28)22(2,3)4/h10-11,14,16-17,23-24H,5-9,12-13,15H2,1-4H3/t16-,17-. The molecule has 1 aliphatic carbocycles. The normalized spacial score (nSPS) is 22.8. The third-order valence-electron chi connectivity index (χ3n) is 6.07. The van der Waals surface area contributed by atoms with Crippen LogP contribution in [0.1, 0.15) is 63.7 Å². The van der Waals surface area contributed by atoms with Crippen molar-refractivity contribution in [3.8, 4) is 5.75 Å². The van der Waals surface area contributed by atoms with Gasteiger partial charge in [-0.25, -0.2) is 13.1 Å². The summed E-state index contributed by atoms with van der Waals surface area (Å²) in [5, 5.41) is 3.47. The Labute approximate surface area is 180 Å². The minimum atomic E-state index is -3.30. The van der Waals surface area contributed by atoms with E-state index >= 15 is 0 Å². The summed E-state index contributed by atoms with van der Waals surface area (Å²) in [6.07, 6.45) is 3.68. The number of nitrogens with one attached hydrogen (secondary N) is 2. The fraction of sp³-hybridized carbons (Fsp3) is 0.682. The first-order valence-corrected chi connectivity index (χ1v) is 12.4. The molecule has 0 atom stereocenters. The van der Waals surface area contributed by atoms with E-state index in [4.69, 9.17) is 4.74 Å². The number of hydrogen-bond acceptors (Lipinski definition) is 5. The van der Waals surface area contributed by atoms with Gasteiger partial charge in [0.25, 0.3) is 5.91 Å². The van der Waals surface area contributed by atoms with Gasteiger partial charge in [0.15, 0.2) is 0 Å². The quantitative estimate of drug-likeness (QED) is 0.713. The second kappa shape index (κ2) is 9.14. The van der Waals surface area contributed by atoms with Crippen LogP contribution in [0, 0.1) is 5.92 Å². The van der Waals surface area contributed by atoms with Crippen LogP contribution in [-0.2, 0) is 10.0 Å². The lowest BCUT2D eigenvalue weighted by molar-refractivity contribution is 0.0765. The monoisotopic (exact) mass is 437 g/mol. The van der Waals surface area contributed by atoms with Crippen LogP contribution in [0.15, 0.2) is 18.2 Å². The highest BCUT2D eigenvalue weighted by Gasteiger charge is 2.32. The van der Waals surface area contributed by atoms with Crippen molar-refractivity contribution >= 4 is 21.6 Å². The Bertz CT molecular complexity index is 856. The lowest BCUT2D eigenvalue weighted by Crippen LogP contribution is -2.46. The number of carbonyl (C=O) groups is 1. The third kappa shape index (κ3) is 5.27. The van der Waals surface area contributed by atoms with Gasteiger partial charge in [-0.15, -0.1) is 0 Å². The number of sulfonamides is 1. The van der Waals surface area contributed by atoms with Crippen molar-refractivity contribution in [3.05, 3.63) is 23.8 Å². The van der Waals surface area contributed by atoms with Gasteiger partial charge < -0.3 is 15.0 Å². The predicted molar refractivity (Wildman–Crippen MR) is 120 cm³/mol. The molecule has 0 unspecified atom stereocenters. The van der Waals surface area contributed by atoms with Crippen molar-refractivity contribution in [1.29, 1.82) is 0 Å². The average Bonchev–Trinajstić information content (AvgIpc) is 2.84. The van der Waals surface area contributed by atoms with E-state index in [1.54, 1.807) is 25.7 Å². The van der Waals surface area contributed by atoms with E-state index in [1.807, 2.05) is 25.1 Å². The lowest BCUT2D eigenvalue weighted by Gasteiger charge is -2.31. The Kier molecular flexibility index (Phi) is 6.97. The van der Waals surface area contributed by atoms with Crippen LogP contribution < -0.4 is 14.8 Å². The van der Waals surface area contributed by atoms with E-state index in [0.29, 0.717) is 36.9 Å². The van der Waals surface area contributed by atoms with Crippen molar-refractivity contribution in [2.75, 3.05) is 31.6 Å². The van der Waals surface area contributed by atoms with Gasteiger partial charge in [0.2, 0.25) is 10.0 Å². The molecule has 2 N–H and O–H groups in total. The number of rotatable bonds is 6. The molecule has 8 heteroatoms. The number of ether oxygens (including phenoxy) is 1. The molecule has 1 amide bonds. The molecule has 168 valence electrons. The van der Waals surface area contributed by atoms with Gasteiger partial charge >= 0.3 is 0 Å². The molecular formula is C22H35N3O4S. The van der Waals surface area contributed by atoms with Crippen molar-refractivity contribution in [2.45, 2.75) is 64.2 Å². The summed E-state index contributed by atoms with van der Waals surface area (Å²) in [6.45, 7) is 9.76. The smallest absolute Gasteiger partial charge is 0.257 e. The molecule has 30 heavy (non-hydrogen) atoms. The van der Waals surface area contributed by atoms with Gasteiger partial charge in [0, 0.05) is 30.9 Å². The predicted octanol–water partition coefficient (Wildman–Crippen LogP) is 3.23. The van der Waals surface area contributed by atoms with E-state index in [1.165, 1.54) is 0 Å². The van der Waals surface area contributed by atoms with Crippen LogP contribution in [0.4, 0.5) is 5.69 Å². The van der Waals surface area contributed by atoms with E-state index in [2.05, 4.69) is 10.0 Å². The minimum Gasteiger partial charge on any atom is -0.491 e. The van der Waals surface area contributed by atoms with Gasteiger partial charge in [-0.1, -0.05) is 0 Å². The molecular weight excluding hydrogens is 402 g/mol. The third-order valence-corrected chi connectivity index (χ3v) is 8.33. The number of benzene rings is 1. The molecule has 1 aromatic rings. The number of amides is 1. The zero-order chi connectivity index (χ0) is 21.9. The number of anilines is 1. The summed E-state index contributed by atoms with van der Waals surface area (Å²) in [5.74, 6) is 1.16. The van der Waals surface area contributed by atoms with Gasteiger partial charge in [-0.05, 0) is 71.4 Å².